The molecule has 3 nitrogen and oxygen atoms in total. The maximum absolute atomic E-state index is 10.6. The van der Waals surface area contributed by atoms with Gasteiger partial charge in [0.2, 0.25) is 0 Å². The fourth-order valence-corrected chi connectivity index (χ4v) is 1.76. The second kappa shape index (κ2) is 5.31. The third kappa shape index (κ3) is 3.34. The summed E-state index contributed by atoms with van der Waals surface area (Å²) < 4.78 is 5.25. The summed E-state index contributed by atoms with van der Waals surface area (Å²) in [6.45, 7) is 5.40. The molecule has 1 heterocycles. The summed E-state index contributed by atoms with van der Waals surface area (Å²) in [5.41, 5.74) is 0.671. The highest BCUT2D eigenvalue weighted by Crippen LogP contribution is 2.37. The maximum atomic E-state index is 10.6. The van der Waals surface area contributed by atoms with Crippen molar-refractivity contribution in [3.05, 3.63) is 11.6 Å². The number of carboxylic acid groups (broad SMARTS) is 1. The van der Waals surface area contributed by atoms with Crippen LogP contribution in [0.1, 0.15) is 39.5 Å². The summed E-state index contributed by atoms with van der Waals surface area (Å²) in [5, 5.41) is 8.75. The van der Waals surface area contributed by atoms with Gasteiger partial charge in [-0.3, -0.25) is 0 Å². The second-order valence-corrected chi connectivity index (χ2v) is 4.49. The van der Waals surface area contributed by atoms with Gasteiger partial charge >= 0.3 is 5.97 Å². The fourth-order valence-electron chi connectivity index (χ4n) is 1.76. The zero-order valence-corrected chi connectivity index (χ0v) is 9.58. The maximum Gasteiger partial charge on any atom is 0.330 e. The fraction of sp³-hybridized carbons (Fsp3) is 0.750. The molecule has 1 N–H and O–H groups in total. The molecule has 1 saturated heterocycles. The van der Waals surface area contributed by atoms with Gasteiger partial charge in [0.05, 0.1) is 13.2 Å². The molecule has 3 heteroatoms. The van der Waals surface area contributed by atoms with E-state index in [0.29, 0.717) is 5.57 Å². The van der Waals surface area contributed by atoms with Gasteiger partial charge in [-0.25, -0.2) is 4.79 Å². The van der Waals surface area contributed by atoms with E-state index in [0.717, 1.165) is 26.1 Å². The summed E-state index contributed by atoms with van der Waals surface area (Å²) in [4.78, 5) is 10.6. The largest absolute Gasteiger partial charge is 0.478 e. The molecule has 1 rings (SSSR count). The first-order chi connectivity index (χ1) is 7.09. The van der Waals surface area contributed by atoms with Crippen LogP contribution in [0.3, 0.4) is 0 Å². The number of carboxylic acids is 1. The Bertz CT molecular complexity index is 252. The van der Waals surface area contributed by atoms with Crippen LogP contribution in [-0.4, -0.2) is 24.3 Å². The van der Waals surface area contributed by atoms with Crippen molar-refractivity contribution in [2.24, 2.45) is 5.41 Å². The number of hydrogen-bond acceptors (Lipinski definition) is 2. The molecule has 1 aliphatic rings. The normalized spacial score (nSPS) is 19.7. The lowest BCUT2D eigenvalue weighted by molar-refractivity contribution is -0.132. The van der Waals surface area contributed by atoms with Crippen LogP contribution >= 0.6 is 0 Å². The highest BCUT2D eigenvalue weighted by molar-refractivity contribution is 5.85. The SMILES string of the molecule is CCCCC1(CC=C(C)C(=O)O)COC1. The van der Waals surface area contributed by atoms with Gasteiger partial charge in [-0.15, -0.1) is 0 Å². The number of rotatable bonds is 6. The first-order valence-electron chi connectivity index (χ1n) is 5.57. The molecule has 0 aromatic carbocycles. The number of aliphatic carboxylic acids is 1. The van der Waals surface area contributed by atoms with E-state index in [4.69, 9.17) is 9.84 Å². The van der Waals surface area contributed by atoms with E-state index in [2.05, 4.69) is 6.92 Å². The van der Waals surface area contributed by atoms with E-state index in [-0.39, 0.29) is 5.41 Å². The van der Waals surface area contributed by atoms with Crippen molar-refractivity contribution in [2.75, 3.05) is 13.2 Å². The molecule has 0 atom stereocenters. The first-order valence-corrected chi connectivity index (χ1v) is 5.57. The van der Waals surface area contributed by atoms with Crippen molar-refractivity contribution < 1.29 is 14.6 Å². The lowest BCUT2D eigenvalue weighted by Crippen LogP contribution is -2.42. The summed E-state index contributed by atoms with van der Waals surface area (Å²) in [5.74, 6) is -0.819. The number of carbonyl (C=O) groups is 1. The first kappa shape index (κ1) is 12.2. The van der Waals surface area contributed by atoms with Gasteiger partial charge in [-0.05, 0) is 19.8 Å². The number of ether oxygens (including phenoxy) is 1. The van der Waals surface area contributed by atoms with Crippen LogP contribution in [0.15, 0.2) is 11.6 Å². The highest BCUT2D eigenvalue weighted by atomic mass is 16.5. The lowest BCUT2D eigenvalue weighted by atomic mass is 9.77. The molecular formula is C12H20O3. The van der Waals surface area contributed by atoms with Gasteiger partial charge in [-0.2, -0.15) is 0 Å². The number of unbranched alkanes of at least 4 members (excludes halogenated alkanes) is 1. The van der Waals surface area contributed by atoms with E-state index >= 15 is 0 Å². The standard InChI is InChI=1S/C12H20O3/c1-3-4-6-12(8-15-9-12)7-5-10(2)11(13)14/h5H,3-4,6-9H2,1-2H3,(H,13,14). The molecule has 0 saturated carbocycles. The Balaban J connectivity index is 2.46. The molecule has 0 unspecified atom stereocenters. The molecule has 1 fully saturated rings. The van der Waals surface area contributed by atoms with E-state index in [9.17, 15) is 4.79 Å². The molecule has 15 heavy (non-hydrogen) atoms. The molecule has 1 aliphatic heterocycles. The third-order valence-corrected chi connectivity index (χ3v) is 3.06. The average molecular weight is 212 g/mol. The summed E-state index contributed by atoms with van der Waals surface area (Å²) in [6, 6.07) is 0. The lowest BCUT2D eigenvalue weighted by Gasteiger charge is -2.41. The minimum Gasteiger partial charge on any atom is -0.478 e. The molecular weight excluding hydrogens is 192 g/mol. The number of hydrogen-bond donors (Lipinski definition) is 1. The van der Waals surface area contributed by atoms with E-state index in [1.54, 1.807) is 6.92 Å². The molecule has 0 aromatic heterocycles. The van der Waals surface area contributed by atoms with Crippen LogP contribution < -0.4 is 0 Å². The molecule has 86 valence electrons. The van der Waals surface area contributed by atoms with Crippen LogP contribution in [0.25, 0.3) is 0 Å². The van der Waals surface area contributed by atoms with Crippen LogP contribution in [0.4, 0.5) is 0 Å². The monoisotopic (exact) mass is 212 g/mol. The van der Waals surface area contributed by atoms with Crippen molar-refractivity contribution in [1.82, 2.24) is 0 Å². The van der Waals surface area contributed by atoms with Gasteiger partial charge in [-0.1, -0.05) is 25.8 Å². The van der Waals surface area contributed by atoms with Crippen molar-refractivity contribution >= 4 is 5.97 Å². The van der Waals surface area contributed by atoms with Gasteiger partial charge in [0.1, 0.15) is 0 Å². The third-order valence-electron chi connectivity index (χ3n) is 3.06. The van der Waals surface area contributed by atoms with Gasteiger partial charge in [0.15, 0.2) is 0 Å². The smallest absolute Gasteiger partial charge is 0.330 e. The van der Waals surface area contributed by atoms with Crippen LogP contribution in [0.5, 0.6) is 0 Å². The predicted molar refractivity (Wildman–Crippen MR) is 58.8 cm³/mol. The minimum absolute atomic E-state index is 0.229. The van der Waals surface area contributed by atoms with Gasteiger partial charge in [0.25, 0.3) is 0 Å². The molecule has 0 aliphatic carbocycles. The average Bonchev–Trinajstić information content (AvgIpc) is 2.15. The predicted octanol–water partition coefficient (Wildman–Crippen LogP) is 2.61. The topological polar surface area (TPSA) is 46.5 Å². The zero-order valence-electron chi connectivity index (χ0n) is 9.58. The van der Waals surface area contributed by atoms with E-state index < -0.39 is 5.97 Å². The van der Waals surface area contributed by atoms with Gasteiger partial charge < -0.3 is 9.84 Å². The molecule has 0 radical (unpaired) electrons. The van der Waals surface area contributed by atoms with Gasteiger partial charge in [0, 0.05) is 11.0 Å². The Labute approximate surface area is 91.1 Å². The summed E-state index contributed by atoms with van der Waals surface area (Å²) in [7, 11) is 0. The van der Waals surface area contributed by atoms with Crippen molar-refractivity contribution in [3.8, 4) is 0 Å². The quantitative estimate of drug-likeness (QED) is 0.688. The zero-order chi connectivity index (χ0) is 11.3. The van der Waals surface area contributed by atoms with Crippen LogP contribution in [0, 0.1) is 5.41 Å². The van der Waals surface area contributed by atoms with Crippen molar-refractivity contribution in [2.45, 2.75) is 39.5 Å². The Kier molecular flexibility index (Phi) is 4.33. The summed E-state index contributed by atoms with van der Waals surface area (Å²) in [6.07, 6.45) is 6.20. The van der Waals surface area contributed by atoms with E-state index in [1.165, 1.54) is 12.8 Å². The van der Waals surface area contributed by atoms with Crippen LogP contribution in [0.2, 0.25) is 0 Å². The Morgan fingerprint density at radius 2 is 2.20 bits per heavy atom. The Morgan fingerprint density at radius 3 is 2.60 bits per heavy atom. The van der Waals surface area contributed by atoms with Crippen molar-refractivity contribution in [3.63, 3.8) is 0 Å². The molecule has 0 aromatic rings. The Morgan fingerprint density at radius 1 is 1.53 bits per heavy atom. The summed E-state index contributed by atoms with van der Waals surface area (Å²) >= 11 is 0. The minimum atomic E-state index is -0.819. The molecule has 0 bridgehead atoms. The van der Waals surface area contributed by atoms with Crippen molar-refractivity contribution in [1.29, 1.82) is 0 Å². The Hall–Kier alpha value is -0.830. The number of allylic oxidation sites excluding steroid dienone is 1. The molecule has 0 amide bonds. The van der Waals surface area contributed by atoms with Crippen LogP contribution in [-0.2, 0) is 9.53 Å². The second-order valence-electron chi connectivity index (χ2n) is 4.49. The highest BCUT2D eigenvalue weighted by Gasteiger charge is 2.36. The molecule has 0 spiro atoms. The van der Waals surface area contributed by atoms with E-state index in [1.807, 2.05) is 6.08 Å².